The quantitative estimate of drug-likeness (QED) is 0.431. The Kier molecular flexibility index (Phi) is 8.56. The first-order chi connectivity index (χ1) is 15.4. The molecule has 1 N–H and O–H groups in total. The monoisotopic (exact) mass is 502 g/mol. The zero-order valence-electron chi connectivity index (χ0n) is 18.7. The normalized spacial score (nSPS) is 12.7. The number of amides is 1. The Morgan fingerprint density at radius 2 is 1.76 bits per heavy atom. The minimum atomic E-state index is -1.10. The highest BCUT2D eigenvalue weighted by atomic mass is 35.5. The molecule has 2 aromatic rings. The summed E-state index contributed by atoms with van der Waals surface area (Å²) in [6.07, 6.45) is -1.13. The molecule has 0 spiro atoms. The lowest BCUT2D eigenvalue weighted by molar-refractivity contribution is -0.143. The Bertz CT molecular complexity index is 1210. The molecule has 1 amide bonds. The molecule has 0 saturated heterocycles. The molecule has 0 saturated carbocycles. The molecule has 180 valence electrons. The van der Waals surface area contributed by atoms with Gasteiger partial charge in [-0.2, -0.15) is 0 Å². The fraction of sp³-hybridized carbons (Fsp3) is 0.450. The van der Waals surface area contributed by atoms with Crippen LogP contribution in [0.2, 0.25) is 5.02 Å². The zero-order valence-corrected chi connectivity index (χ0v) is 20.3. The minimum Gasteiger partial charge on any atom is -0.479 e. The van der Waals surface area contributed by atoms with Gasteiger partial charge < -0.3 is 14.8 Å². The van der Waals surface area contributed by atoms with E-state index in [0.717, 1.165) is 21.3 Å². The summed E-state index contributed by atoms with van der Waals surface area (Å²) in [5, 5.41) is 2.42. The van der Waals surface area contributed by atoms with Crippen LogP contribution in [0.5, 0.6) is 5.75 Å². The maximum Gasteiger partial charge on any atom is 0.338 e. The number of nitrogens with one attached hydrogen (secondary N) is 1. The first kappa shape index (κ1) is 26.3. The summed E-state index contributed by atoms with van der Waals surface area (Å²) in [6.45, 7) is 4.94. The molecule has 0 bridgehead atoms. The Balaban J connectivity index is 2.35. The van der Waals surface area contributed by atoms with Crippen LogP contribution in [-0.4, -0.2) is 44.3 Å². The number of esters is 1. The standard InChI is InChI=1S/C20H24ClFN4O6S/c1-6-31-16(27)7-10(2)23-17(28)11(3)32-15-9-14(13(22)8-12(15)21)26-18(29)24(4)20(33)25(5)19(26)30/h8-11H,6-7H2,1-5H3,(H,23,28). The van der Waals surface area contributed by atoms with Crippen LogP contribution in [0.25, 0.3) is 5.69 Å². The first-order valence-electron chi connectivity index (χ1n) is 9.90. The van der Waals surface area contributed by atoms with Crippen LogP contribution in [0.1, 0.15) is 27.2 Å². The van der Waals surface area contributed by atoms with E-state index in [9.17, 15) is 23.6 Å². The third-order valence-corrected chi connectivity index (χ3v) is 5.46. The molecule has 2 rings (SSSR count). The van der Waals surface area contributed by atoms with Gasteiger partial charge in [0.1, 0.15) is 11.6 Å². The number of carbonyl (C=O) groups is 2. The molecule has 2 atom stereocenters. The number of aromatic nitrogens is 3. The Labute approximate surface area is 198 Å². The van der Waals surface area contributed by atoms with E-state index >= 15 is 0 Å². The number of ether oxygens (including phenoxy) is 2. The summed E-state index contributed by atoms with van der Waals surface area (Å²) >= 11 is 11.1. The topological polar surface area (TPSA) is 114 Å². The second-order valence-corrected chi connectivity index (χ2v) is 7.99. The maximum absolute atomic E-state index is 14.7. The van der Waals surface area contributed by atoms with Gasteiger partial charge in [-0.3, -0.25) is 18.7 Å². The van der Waals surface area contributed by atoms with Crippen LogP contribution in [0.3, 0.4) is 0 Å². The lowest BCUT2D eigenvalue weighted by atomic mass is 10.2. The summed E-state index contributed by atoms with van der Waals surface area (Å²) in [5.74, 6) is -2.12. The third-order valence-electron chi connectivity index (χ3n) is 4.61. The number of hydrogen-bond donors (Lipinski definition) is 1. The number of rotatable bonds is 8. The van der Waals surface area contributed by atoms with Crippen molar-refractivity contribution in [1.29, 1.82) is 0 Å². The van der Waals surface area contributed by atoms with E-state index in [-0.39, 0.29) is 28.6 Å². The van der Waals surface area contributed by atoms with Gasteiger partial charge in [-0.15, -0.1) is 0 Å². The highest BCUT2D eigenvalue weighted by Crippen LogP contribution is 2.29. The van der Waals surface area contributed by atoms with Crippen LogP contribution >= 0.6 is 23.8 Å². The van der Waals surface area contributed by atoms with E-state index in [1.807, 2.05) is 0 Å². The van der Waals surface area contributed by atoms with Crippen LogP contribution in [0.4, 0.5) is 4.39 Å². The molecule has 0 radical (unpaired) electrons. The van der Waals surface area contributed by atoms with E-state index in [2.05, 4.69) is 5.32 Å². The summed E-state index contributed by atoms with van der Waals surface area (Å²) < 4.78 is 27.6. The average Bonchev–Trinajstić information content (AvgIpc) is 2.73. The van der Waals surface area contributed by atoms with E-state index in [1.165, 1.54) is 21.0 Å². The van der Waals surface area contributed by atoms with E-state index < -0.39 is 46.9 Å². The average molecular weight is 503 g/mol. The predicted molar refractivity (Wildman–Crippen MR) is 121 cm³/mol. The summed E-state index contributed by atoms with van der Waals surface area (Å²) in [5.41, 5.74) is -2.16. The molecule has 0 fully saturated rings. The highest BCUT2D eigenvalue weighted by molar-refractivity contribution is 7.71. The molecular formula is C20H24ClFN4O6S. The van der Waals surface area contributed by atoms with Crippen LogP contribution in [-0.2, 0) is 28.4 Å². The van der Waals surface area contributed by atoms with Crippen LogP contribution in [0.15, 0.2) is 21.7 Å². The van der Waals surface area contributed by atoms with Crippen molar-refractivity contribution in [3.8, 4) is 11.4 Å². The van der Waals surface area contributed by atoms with Gasteiger partial charge in [-0.25, -0.2) is 18.5 Å². The van der Waals surface area contributed by atoms with Gasteiger partial charge in [-0.05, 0) is 39.1 Å². The number of hydrogen-bond acceptors (Lipinski definition) is 7. The molecule has 33 heavy (non-hydrogen) atoms. The summed E-state index contributed by atoms with van der Waals surface area (Å²) in [6, 6.07) is 1.39. The molecule has 13 heteroatoms. The Morgan fingerprint density at radius 3 is 2.30 bits per heavy atom. The molecule has 1 heterocycles. The van der Waals surface area contributed by atoms with Crippen molar-refractivity contribution in [3.63, 3.8) is 0 Å². The SMILES string of the molecule is CCOC(=O)CC(C)NC(=O)C(C)Oc1cc(-n2c(=O)n(C)c(=S)n(C)c2=O)c(F)cc1Cl. The summed E-state index contributed by atoms with van der Waals surface area (Å²) in [7, 11) is 2.69. The molecule has 10 nitrogen and oxygen atoms in total. The van der Waals surface area contributed by atoms with Gasteiger partial charge in [0.05, 0.1) is 23.7 Å². The van der Waals surface area contributed by atoms with E-state index in [1.54, 1.807) is 13.8 Å². The van der Waals surface area contributed by atoms with E-state index in [0.29, 0.717) is 4.57 Å². The maximum atomic E-state index is 14.7. The number of nitrogens with zero attached hydrogens (tertiary/aromatic N) is 3. The fourth-order valence-electron chi connectivity index (χ4n) is 2.88. The smallest absolute Gasteiger partial charge is 0.338 e. The molecule has 1 aromatic heterocycles. The molecule has 2 unspecified atom stereocenters. The molecular weight excluding hydrogens is 479 g/mol. The lowest BCUT2D eigenvalue weighted by Crippen LogP contribution is -2.44. The van der Waals surface area contributed by atoms with Crippen molar-refractivity contribution in [2.45, 2.75) is 39.3 Å². The minimum absolute atomic E-state index is 0.0319. The van der Waals surface area contributed by atoms with Crippen molar-refractivity contribution in [3.05, 3.63) is 48.7 Å². The highest BCUT2D eigenvalue weighted by Gasteiger charge is 2.22. The third kappa shape index (κ3) is 5.88. The van der Waals surface area contributed by atoms with Crippen molar-refractivity contribution in [1.82, 2.24) is 19.0 Å². The van der Waals surface area contributed by atoms with Crippen molar-refractivity contribution in [2.75, 3.05) is 6.61 Å². The van der Waals surface area contributed by atoms with Crippen LogP contribution in [0, 0.1) is 10.6 Å². The van der Waals surface area contributed by atoms with Gasteiger partial charge in [0.2, 0.25) is 0 Å². The Hall–Kier alpha value is -2.99. The fourth-order valence-corrected chi connectivity index (χ4v) is 3.23. The second kappa shape index (κ2) is 10.8. The predicted octanol–water partition coefficient (Wildman–Crippen LogP) is 1.62. The first-order valence-corrected chi connectivity index (χ1v) is 10.7. The molecule has 1 aromatic carbocycles. The van der Waals surface area contributed by atoms with Crippen molar-refractivity contribution in [2.24, 2.45) is 14.1 Å². The van der Waals surface area contributed by atoms with Gasteiger partial charge in [0, 0.05) is 26.2 Å². The van der Waals surface area contributed by atoms with Gasteiger partial charge in [0.15, 0.2) is 10.9 Å². The van der Waals surface area contributed by atoms with Crippen molar-refractivity contribution >= 4 is 35.7 Å². The second-order valence-electron chi connectivity index (χ2n) is 7.21. The largest absolute Gasteiger partial charge is 0.479 e. The summed E-state index contributed by atoms with van der Waals surface area (Å²) in [4.78, 5) is 49.2. The zero-order chi connectivity index (χ0) is 25.0. The van der Waals surface area contributed by atoms with Gasteiger partial charge in [-0.1, -0.05) is 11.6 Å². The van der Waals surface area contributed by atoms with Gasteiger partial charge in [0.25, 0.3) is 5.91 Å². The van der Waals surface area contributed by atoms with Gasteiger partial charge >= 0.3 is 17.3 Å². The number of carbonyl (C=O) groups excluding carboxylic acids is 2. The van der Waals surface area contributed by atoms with Crippen LogP contribution < -0.4 is 21.4 Å². The molecule has 0 aliphatic carbocycles. The lowest BCUT2D eigenvalue weighted by Gasteiger charge is -2.19. The molecule has 0 aliphatic heterocycles. The van der Waals surface area contributed by atoms with Crippen molar-refractivity contribution < 1.29 is 23.5 Å². The molecule has 0 aliphatic rings. The van der Waals surface area contributed by atoms with E-state index in [4.69, 9.17) is 33.3 Å². The Morgan fingerprint density at radius 1 is 1.18 bits per heavy atom. The number of halogens is 2. The number of benzene rings is 1.